The number of hydrogen-bond donors (Lipinski definition) is 2. The Morgan fingerprint density at radius 3 is 2.48 bits per heavy atom. The Kier molecular flexibility index (Phi) is 5.62. The molecular formula is C18H25ClN6O7S. The summed E-state index contributed by atoms with van der Waals surface area (Å²) in [6.45, 7) is 8.46. The van der Waals surface area contributed by atoms with Crippen LogP contribution < -0.4 is 5.14 Å². The zero-order chi connectivity index (χ0) is 24.5. The zero-order valence-electron chi connectivity index (χ0n) is 18.5. The van der Waals surface area contributed by atoms with Gasteiger partial charge < -0.3 is 19.3 Å². The zero-order valence-corrected chi connectivity index (χ0v) is 20.1. The van der Waals surface area contributed by atoms with E-state index >= 15 is 0 Å². The van der Waals surface area contributed by atoms with Gasteiger partial charge in [0.2, 0.25) is 0 Å². The number of carbonyl (C=O) groups is 1. The summed E-state index contributed by atoms with van der Waals surface area (Å²) in [7, 11) is -4.65. The van der Waals surface area contributed by atoms with Crippen molar-refractivity contribution in [1.29, 1.82) is 0 Å². The number of nitrogens with zero attached hydrogens (tertiary/aromatic N) is 5. The molecule has 1 amide bonds. The molecule has 0 radical (unpaired) electrons. The van der Waals surface area contributed by atoms with Crippen molar-refractivity contribution in [3.8, 4) is 0 Å². The van der Waals surface area contributed by atoms with E-state index < -0.39 is 58.1 Å². The molecule has 1 unspecified atom stereocenters. The molecule has 33 heavy (non-hydrogen) atoms. The molecule has 2 aliphatic heterocycles. The van der Waals surface area contributed by atoms with Gasteiger partial charge in [-0.25, -0.2) is 24.9 Å². The summed E-state index contributed by atoms with van der Waals surface area (Å²) < 4.78 is 44.8. The number of imidazole rings is 1. The number of rotatable bonds is 4. The van der Waals surface area contributed by atoms with Crippen LogP contribution in [0.1, 0.15) is 40.8 Å². The Bertz CT molecular complexity index is 1200. The second-order valence-electron chi connectivity index (χ2n) is 9.48. The molecule has 2 aliphatic rings. The summed E-state index contributed by atoms with van der Waals surface area (Å²) in [5.41, 5.74) is -0.223. The number of nitrogens with two attached hydrogens (primary N) is 1. The topological polar surface area (TPSA) is 172 Å². The number of halogens is 1. The van der Waals surface area contributed by atoms with Crippen LogP contribution in [0.15, 0.2) is 12.7 Å². The Morgan fingerprint density at radius 2 is 1.91 bits per heavy atom. The maximum atomic E-state index is 12.3. The smallest absolute Gasteiger partial charge is 0.422 e. The molecule has 15 heteroatoms. The van der Waals surface area contributed by atoms with E-state index in [1.807, 2.05) is 0 Å². The van der Waals surface area contributed by atoms with Gasteiger partial charge in [0.05, 0.1) is 12.4 Å². The van der Waals surface area contributed by atoms with Crippen molar-refractivity contribution in [1.82, 2.24) is 23.8 Å². The molecule has 0 aliphatic carbocycles. The second kappa shape index (κ2) is 7.71. The van der Waals surface area contributed by atoms with Crippen LogP contribution in [-0.2, 0) is 24.4 Å². The van der Waals surface area contributed by atoms with Crippen LogP contribution in [0.4, 0.5) is 4.79 Å². The van der Waals surface area contributed by atoms with E-state index in [1.165, 1.54) is 12.7 Å². The van der Waals surface area contributed by atoms with Crippen LogP contribution >= 0.6 is 11.6 Å². The molecule has 5 atom stereocenters. The van der Waals surface area contributed by atoms with Crippen LogP contribution in [-0.4, -0.2) is 73.6 Å². The number of ether oxygens (including phenoxy) is 3. The summed E-state index contributed by atoms with van der Waals surface area (Å²) >= 11 is 6.12. The summed E-state index contributed by atoms with van der Waals surface area (Å²) in [6.07, 6.45) is -2.51. The van der Waals surface area contributed by atoms with E-state index in [-0.39, 0.29) is 9.46 Å². The minimum Gasteiger partial charge on any atom is -0.464 e. The third kappa shape index (κ3) is 4.15. The first-order valence-corrected chi connectivity index (χ1v) is 11.9. The van der Waals surface area contributed by atoms with Crippen molar-refractivity contribution in [2.75, 3.05) is 0 Å². The molecule has 0 spiro atoms. The molecule has 3 N–H and O–H groups in total. The fourth-order valence-corrected chi connectivity index (χ4v) is 5.61. The van der Waals surface area contributed by atoms with Crippen molar-refractivity contribution in [2.24, 2.45) is 10.6 Å². The monoisotopic (exact) mass is 504 g/mol. The highest BCUT2D eigenvalue weighted by Gasteiger charge is 2.61. The number of carboxylic acid groups (broad SMARTS) is 1. The summed E-state index contributed by atoms with van der Waals surface area (Å²) in [4.78, 5) is 24.4. The first kappa shape index (κ1) is 24.0. The Morgan fingerprint density at radius 1 is 1.27 bits per heavy atom. The van der Waals surface area contributed by atoms with Crippen molar-refractivity contribution >= 4 is 39.1 Å². The van der Waals surface area contributed by atoms with Crippen LogP contribution in [0.5, 0.6) is 0 Å². The van der Waals surface area contributed by atoms with Crippen molar-refractivity contribution < 1.29 is 32.5 Å². The van der Waals surface area contributed by atoms with E-state index in [2.05, 4.69) is 15.0 Å². The van der Waals surface area contributed by atoms with Crippen molar-refractivity contribution in [3.05, 3.63) is 17.8 Å². The molecule has 0 saturated carbocycles. The van der Waals surface area contributed by atoms with E-state index in [4.69, 9.17) is 31.0 Å². The third-order valence-corrected chi connectivity index (χ3v) is 6.78. The molecule has 13 nitrogen and oxygen atoms in total. The fourth-order valence-electron chi connectivity index (χ4n) is 4.46. The average Bonchev–Trinajstić information content (AvgIpc) is 3.28. The Hall–Kier alpha value is -2.10. The van der Waals surface area contributed by atoms with E-state index in [0.717, 1.165) is 0 Å². The fraction of sp³-hybridized carbons (Fsp3) is 0.667. The van der Waals surface area contributed by atoms with Gasteiger partial charge in [0, 0.05) is 0 Å². The highest BCUT2D eigenvalue weighted by atomic mass is 35.5. The molecule has 0 aromatic carbocycles. The number of aromatic nitrogens is 4. The van der Waals surface area contributed by atoms with E-state index in [9.17, 15) is 18.3 Å². The maximum absolute atomic E-state index is 12.3. The van der Waals surface area contributed by atoms with Gasteiger partial charge in [-0.2, -0.15) is 12.7 Å². The van der Waals surface area contributed by atoms with Gasteiger partial charge in [-0.15, -0.1) is 0 Å². The average molecular weight is 505 g/mol. The van der Waals surface area contributed by atoms with Gasteiger partial charge in [0.25, 0.3) is 0 Å². The highest BCUT2D eigenvalue weighted by Crippen LogP contribution is 2.48. The third-order valence-electron chi connectivity index (χ3n) is 5.57. The van der Waals surface area contributed by atoms with Gasteiger partial charge in [0.15, 0.2) is 22.8 Å². The predicted octanol–water partition coefficient (Wildman–Crippen LogP) is 1.50. The number of hydrogen-bond acceptors (Lipinski definition) is 9. The first-order chi connectivity index (χ1) is 15.1. The minimum atomic E-state index is -4.65. The van der Waals surface area contributed by atoms with Crippen LogP contribution in [0, 0.1) is 5.41 Å². The molecular weight excluding hydrogens is 480 g/mol. The summed E-state index contributed by atoms with van der Waals surface area (Å²) in [5.74, 6) is -1.04. The molecule has 4 rings (SSSR count). The van der Waals surface area contributed by atoms with Crippen molar-refractivity contribution in [3.63, 3.8) is 0 Å². The Labute approximate surface area is 195 Å². The maximum Gasteiger partial charge on any atom is 0.422 e. The second-order valence-corrected chi connectivity index (χ2v) is 11.3. The quantitative estimate of drug-likeness (QED) is 0.581. The van der Waals surface area contributed by atoms with Gasteiger partial charge >= 0.3 is 16.3 Å². The lowest BCUT2D eigenvalue weighted by molar-refractivity contribution is -0.204. The molecule has 182 valence electrons. The van der Waals surface area contributed by atoms with Gasteiger partial charge in [-0.3, -0.25) is 4.57 Å². The summed E-state index contributed by atoms with van der Waals surface area (Å²) in [6, 6.07) is -1.24. The normalized spacial score (nSPS) is 28.1. The van der Waals surface area contributed by atoms with Gasteiger partial charge in [-0.05, 0) is 19.3 Å². The highest BCUT2D eigenvalue weighted by molar-refractivity contribution is 7.87. The molecule has 2 aromatic rings. The van der Waals surface area contributed by atoms with E-state index in [0.29, 0.717) is 11.2 Å². The molecule has 0 bridgehead atoms. The molecule has 2 saturated heterocycles. The van der Waals surface area contributed by atoms with Crippen LogP contribution in [0.25, 0.3) is 11.2 Å². The largest absolute Gasteiger partial charge is 0.464 e. The molecule has 2 aromatic heterocycles. The predicted molar refractivity (Wildman–Crippen MR) is 114 cm³/mol. The van der Waals surface area contributed by atoms with Gasteiger partial charge in [0.1, 0.15) is 30.2 Å². The van der Waals surface area contributed by atoms with E-state index in [1.54, 1.807) is 39.2 Å². The van der Waals surface area contributed by atoms with Crippen LogP contribution in [0.3, 0.4) is 0 Å². The molecule has 2 fully saturated rings. The van der Waals surface area contributed by atoms with Crippen molar-refractivity contribution in [2.45, 2.75) is 71.0 Å². The van der Waals surface area contributed by atoms with Gasteiger partial charge in [-0.1, -0.05) is 32.4 Å². The number of fused-ring (bicyclic) bond motifs is 2. The lowest BCUT2D eigenvalue weighted by Crippen LogP contribution is -2.60. The summed E-state index contributed by atoms with van der Waals surface area (Å²) in [5, 5.41) is 15.2. The standard InChI is InChI=1S/C18H25ClN6O7S/c1-17(2,3)12(25(16(26)27)33(20,28)29)10-9-11(32-18(4,5)31-9)15(30-10)24-7-23-8-13(19)21-6-22-14(8)24/h6-7,9-12,15H,1-5H3,(H,26,27)(H2,20,28,29)/t9-,10+,11-,12?,15-/m1/s1. The minimum absolute atomic E-state index is 0.146. The first-order valence-electron chi connectivity index (χ1n) is 10.0. The van der Waals surface area contributed by atoms with Crippen LogP contribution in [0.2, 0.25) is 5.15 Å². The number of amides is 1. The SMILES string of the molecule is CC1(C)O[C@@H]2[C@H](O1)[C@@H](C(N(C(=O)O)S(N)(=O)=O)C(C)(C)C)O[C@H]2n1cnc2c(Cl)ncnc21. The lowest BCUT2D eigenvalue weighted by Gasteiger charge is -2.41. The molecule has 4 heterocycles. The lowest BCUT2D eigenvalue weighted by atomic mass is 9.81. The Balaban J connectivity index is 1.84.